The first kappa shape index (κ1) is 8.64. The topological polar surface area (TPSA) is 36.1 Å². The van der Waals surface area contributed by atoms with Gasteiger partial charge in [-0.2, -0.15) is 5.26 Å². The van der Waals surface area contributed by atoms with Gasteiger partial charge in [0.2, 0.25) is 0 Å². The van der Waals surface area contributed by atoms with Gasteiger partial charge in [0, 0.05) is 6.20 Å². The molecule has 0 aliphatic rings. The molecular formula is C8H10N2. The largest absolute Gasteiger partial charge is 0.271 e. The molecule has 0 unspecified atom stereocenters. The second-order valence-electron chi connectivity index (χ2n) is 2.10. The quantitative estimate of drug-likeness (QED) is 0.323. The van der Waals surface area contributed by atoms with Gasteiger partial charge in [0.25, 0.3) is 0 Å². The molecule has 0 aromatic rings. The zero-order chi connectivity index (χ0) is 7.98. The van der Waals surface area contributed by atoms with Crippen molar-refractivity contribution in [1.29, 1.82) is 5.26 Å². The third-order valence-corrected chi connectivity index (χ3v) is 0.804. The molecule has 0 atom stereocenters. The van der Waals surface area contributed by atoms with E-state index < -0.39 is 0 Å². The molecule has 10 heavy (non-hydrogen) atoms. The van der Waals surface area contributed by atoms with Crippen molar-refractivity contribution >= 4 is 6.72 Å². The molecule has 2 heteroatoms. The van der Waals surface area contributed by atoms with Crippen LogP contribution >= 0.6 is 0 Å². The lowest BCUT2D eigenvalue weighted by Gasteiger charge is -1.86. The van der Waals surface area contributed by atoms with Gasteiger partial charge in [0.1, 0.15) is 6.07 Å². The van der Waals surface area contributed by atoms with E-state index in [1.165, 1.54) is 6.20 Å². The van der Waals surface area contributed by atoms with E-state index in [1.807, 2.05) is 19.9 Å². The average Bonchev–Trinajstić information content (AvgIpc) is 1.86. The maximum Gasteiger partial charge on any atom is 0.101 e. The molecule has 0 aliphatic carbocycles. The van der Waals surface area contributed by atoms with Gasteiger partial charge < -0.3 is 0 Å². The van der Waals surface area contributed by atoms with Gasteiger partial charge in [0.15, 0.2) is 0 Å². The Hall–Kier alpha value is -1.36. The fourth-order valence-corrected chi connectivity index (χ4v) is 0.508. The second kappa shape index (κ2) is 4.51. The van der Waals surface area contributed by atoms with Gasteiger partial charge in [-0.15, -0.1) is 0 Å². The summed E-state index contributed by atoms with van der Waals surface area (Å²) in [6.07, 6.45) is 3.20. The summed E-state index contributed by atoms with van der Waals surface area (Å²) in [5, 5.41) is 8.46. The fraction of sp³-hybridized carbons (Fsp3) is 0.250. The average molecular weight is 134 g/mol. The molecule has 0 N–H and O–H groups in total. The smallest absolute Gasteiger partial charge is 0.101 e. The molecule has 0 spiro atoms. The Bertz CT molecular complexity index is 212. The van der Waals surface area contributed by atoms with Gasteiger partial charge in [-0.3, -0.25) is 4.99 Å². The third kappa shape index (κ3) is 3.62. The van der Waals surface area contributed by atoms with Crippen molar-refractivity contribution < 1.29 is 0 Å². The Morgan fingerprint density at radius 3 is 2.50 bits per heavy atom. The van der Waals surface area contributed by atoms with E-state index in [4.69, 9.17) is 5.26 Å². The maximum atomic E-state index is 8.46. The Morgan fingerprint density at radius 2 is 2.20 bits per heavy atom. The molecule has 0 saturated heterocycles. The number of nitriles is 1. The predicted octanol–water partition coefficient (Wildman–Crippen LogP) is 2.06. The molecule has 52 valence electrons. The number of allylic oxidation sites excluding steroid dienone is 3. The maximum absolute atomic E-state index is 8.46. The van der Waals surface area contributed by atoms with Crippen LogP contribution in [0.1, 0.15) is 13.8 Å². The van der Waals surface area contributed by atoms with E-state index in [2.05, 4.69) is 11.7 Å². The lowest BCUT2D eigenvalue weighted by molar-refractivity contribution is 1.36. The Kier molecular flexibility index (Phi) is 3.90. The molecule has 2 nitrogen and oxygen atoms in total. The van der Waals surface area contributed by atoms with Crippen LogP contribution in [0.4, 0.5) is 0 Å². The fourth-order valence-electron chi connectivity index (χ4n) is 0.508. The van der Waals surface area contributed by atoms with Crippen molar-refractivity contribution in [2.75, 3.05) is 0 Å². The SMILES string of the molecule is C=N/C=C(/C#N)C=C(C)C. The summed E-state index contributed by atoms with van der Waals surface area (Å²) in [5.41, 5.74) is 1.62. The standard InChI is InChI=1S/C8H10N2/c1-7(2)4-8(5-9)6-10-3/h4,6H,3H2,1-2H3/b8-6+. The molecule has 0 radical (unpaired) electrons. The van der Waals surface area contributed by atoms with E-state index in [-0.39, 0.29) is 0 Å². The van der Waals surface area contributed by atoms with Crippen molar-refractivity contribution in [1.82, 2.24) is 0 Å². The van der Waals surface area contributed by atoms with Gasteiger partial charge >= 0.3 is 0 Å². The van der Waals surface area contributed by atoms with Crippen molar-refractivity contribution in [3.05, 3.63) is 23.4 Å². The highest BCUT2D eigenvalue weighted by Crippen LogP contribution is 1.99. The summed E-state index contributed by atoms with van der Waals surface area (Å²) < 4.78 is 0. The summed E-state index contributed by atoms with van der Waals surface area (Å²) in [7, 11) is 0. The zero-order valence-corrected chi connectivity index (χ0v) is 6.26. The molecule has 0 bridgehead atoms. The van der Waals surface area contributed by atoms with E-state index in [0.29, 0.717) is 5.57 Å². The molecule has 0 heterocycles. The summed E-state index contributed by atoms with van der Waals surface area (Å²) in [5.74, 6) is 0. The highest BCUT2D eigenvalue weighted by Gasteiger charge is 1.86. The number of aliphatic imine (C=N–C) groups is 1. The first-order valence-corrected chi connectivity index (χ1v) is 2.91. The van der Waals surface area contributed by atoms with Gasteiger partial charge in [0.05, 0.1) is 5.57 Å². The van der Waals surface area contributed by atoms with E-state index >= 15 is 0 Å². The first-order chi connectivity index (χ1) is 4.70. The lowest BCUT2D eigenvalue weighted by atomic mass is 10.2. The molecule has 0 saturated carbocycles. The summed E-state index contributed by atoms with van der Waals surface area (Å²) in [6, 6.07) is 1.99. The van der Waals surface area contributed by atoms with Crippen LogP contribution in [0.3, 0.4) is 0 Å². The minimum Gasteiger partial charge on any atom is -0.271 e. The van der Waals surface area contributed by atoms with Crippen molar-refractivity contribution in [3.63, 3.8) is 0 Å². The van der Waals surface area contributed by atoms with E-state index in [1.54, 1.807) is 6.08 Å². The second-order valence-corrected chi connectivity index (χ2v) is 2.10. The zero-order valence-electron chi connectivity index (χ0n) is 6.26. The Morgan fingerprint density at radius 1 is 1.60 bits per heavy atom. The van der Waals surface area contributed by atoms with Crippen LogP contribution in [0.2, 0.25) is 0 Å². The number of hydrogen-bond donors (Lipinski definition) is 0. The monoisotopic (exact) mass is 134 g/mol. The predicted molar refractivity (Wildman–Crippen MR) is 42.7 cm³/mol. The molecule has 0 aromatic heterocycles. The summed E-state index contributed by atoms with van der Waals surface area (Å²) >= 11 is 0. The van der Waals surface area contributed by atoms with Gasteiger partial charge in [-0.1, -0.05) is 5.57 Å². The van der Waals surface area contributed by atoms with Crippen LogP contribution in [0, 0.1) is 11.3 Å². The molecule has 0 amide bonds. The van der Waals surface area contributed by atoms with Crippen molar-refractivity contribution in [3.8, 4) is 6.07 Å². The normalized spacial score (nSPS) is 9.90. The van der Waals surface area contributed by atoms with Crippen LogP contribution in [0.5, 0.6) is 0 Å². The molecule has 0 aliphatic heterocycles. The Balaban J connectivity index is 4.42. The lowest BCUT2D eigenvalue weighted by Crippen LogP contribution is -1.71. The highest BCUT2D eigenvalue weighted by molar-refractivity contribution is 5.37. The number of rotatable bonds is 2. The first-order valence-electron chi connectivity index (χ1n) is 2.91. The Labute approximate surface area is 61.2 Å². The van der Waals surface area contributed by atoms with Crippen LogP contribution < -0.4 is 0 Å². The van der Waals surface area contributed by atoms with Crippen LogP contribution in [0.15, 0.2) is 28.4 Å². The highest BCUT2D eigenvalue weighted by atomic mass is 14.6. The number of nitrogens with zero attached hydrogens (tertiary/aromatic N) is 2. The molecular weight excluding hydrogens is 124 g/mol. The van der Waals surface area contributed by atoms with Crippen molar-refractivity contribution in [2.45, 2.75) is 13.8 Å². The van der Waals surface area contributed by atoms with Crippen LogP contribution in [-0.2, 0) is 0 Å². The van der Waals surface area contributed by atoms with Gasteiger partial charge in [-0.05, 0) is 26.6 Å². The minimum absolute atomic E-state index is 0.537. The molecule has 0 fully saturated rings. The third-order valence-electron chi connectivity index (χ3n) is 0.804. The number of hydrogen-bond acceptors (Lipinski definition) is 2. The molecule has 0 aromatic carbocycles. The minimum atomic E-state index is 0.537. The van der Waals surface area contributed by atoms with E-state index in [0.717, 1.165) is 5.57 Å². The summed E-state index contributed by atoms with van der Waals surface area (Å²) in [4.78, 5) is 3.48. The molecule has 0 rings (SSSR count). The van der Waals surface area contributed by atoms with Crippen LogP contribution in [0.25, 0.3) is 0 Å². The summed E-state index contributed by atoms with van der Waals surface area (Å²) in [6.45, 7) is 7.10. The van der Waals surface area contributed by atoms with Crippen LogP contribution in [-0.4, -0.2) is 6.72 Å². The van der Waals surface area contributed by atoms with Crippen molar-refractivity contribution in [2.24, 2.45) is 4.99 Å². The van der Waals surface area contributed by atoms with Gasteiger partial charge in [-0.25, -0.2) is 0 Å². The van der Waals surface area contributed by atoms with E-state index in [9.17, 15) is 0 Å².